The van der Waals surface area contributed by atoms with Gasteiger partial charge in [0.15, 0.2) is 0 Å². The molecule has 0 heterocycles. The molecule has 0 saturated carbocycles. The molecule has 1 unspecified atom stereocenters. The maximum Gasteiger partial charge on any atom is 0.0333 e. The summed E-state index contributed by atoms with van der Waals surface area (Å²) in [6.07, 6.45) is 12.9. The van der Waals surface area contributed by atoms with Gasteiger partial charge in [-0.25, -0.2) is 0 Å². The van der Waals surface area contributed by atoms with Crippen molar-refractivity contribution in [2.75, 3.05) is 0 Å². The first-order valence-electron chi connectivity index (χ1n) is 6.43. The average Bonchev–Trinajstić information content (AvgIpc) is 2.94. The van der Waals surface area contributed by atoms with Crippen LogP contribution in [0.3, 0.4) is 0 Å². The Labute approximate surface area is 108 Å². The molecule has 2 aliphatic rings. The molecule has 0 aromatic heterocycles. The van der Waals surface area contributed by atoms with E-state index in [1.54, 1.807) is 0 Å². The number of rotatable bonds is 2. The normalized spacial score (nSPS) is 22.5. The molecular weight excluding hydrogens is 218 g/mol. The Balaban J connectivity index is 1.94. The van der Waals surface area contributed by atoms with Crippen LogP contribution < -0.4 is 5.73 Å². The summed E-state index contributed by atoms with van der Waals surface area (Å²) in [4.78, 5) is 0. The second-order valence-electron chi connectivity index (χ2n) is 4.79. The van der Waals surface area contributed by atoms with Gasteiger partial charge in [0.1, 0.15) is 0 Å². The summed E-state index contributed by atoms with van der Waals surface area (Å²) in [6, 6.07) is 10.6. The molecule has 0 bridgehead atoms. The summed E-state index contributed by atoms with van der Waals surface area (Å²) < 4.78 is 0. The Morgan fingerprint density at radius 2 is 1.94 bits per heavy atom. The van der Waals surface area contributed by atoms with E-state index in [0.29, 0.717) is 0 Å². The quantitative estimate of drug-likeness (QED) is 0.832. The van der Waals surface area contributed by atoms with Crippen LogP contribution >= 0.6 is 0 Å². The molecule has 1 heteroatoms. The van der Waals surface area contributed by atoms with E-state index >= 15 is 0 Å². The molecule has 1 atom stereocenters. The standard InChI is InChI=1S/C17H17N/c18-17-11-10-15(13-6-2-1-3-7-13)12-16(17)14-8-4-5-9-14/h1-8,10,12,17H,9,11,18H2. The Bertz CT molecular complexity index is 559. The van der Waals surface area contributed by atoms with Crippen LogP contribution in [0.15, 0.2) is 71.9 Å². The van der Waals surface area contributed by atoms with Crippen LogP contribution in [-0.2, 0) is 0 Å². The second kappa shape index (κ2) is 4.79. The number of benzene rings is 1. The molecule has 3 rings (SSSR count). The summed E-state index contributed by atoms with van der Waals surface area (Å²) >= 11 is 0. The molecule has 18 heavy (non-hydrogen) atoms. The van der Waals surface area contributed by atoms with Crippen LogP contribution in [0.1, 0.15) is 18.4 Å². The lowest BCUT2D eigenvalue weighted by molar-refractivity contribution is 0.780. The predicted octanol–water partition coefficient (Wildman–Crippen LogP) is 3.61. The SMILES string of the molecule is NC1CC=C(c2ccccc2)C=C1C1=CC=CC1. The summed E-state index contributed by atoms with van der Waals surface area (Å²) in [6.45, 7) is 0. The highest BCUT2D eigenvalue weighted by Crippen LogP contribution is 2.31. The fourth-order valence-corrected chi connectivity index (χ4v) is 2.54. The van der Waals surface area contributed by atoms with E-state index in [1.165, 1.54) is 22.3 Å². The molecule has 90 valence electrons. The first kappa shape index (κ1) is 11.2. The van der Waals surface area contributed by atoms with Gasteiger partial charge in [-0.1, -0.05) is 54.6 Å². The molecule has 0 amide bonds. The molecule has 0 saturated heterocycles. The maximum atomic E-state index is 6.22. The Hall–Kier alpha value is -1.86. The topological polar surface area (TPSA) is 26.0 Å². The third-order valence-electron chi connectivity index (χ3n) is 3.55. The Morgan fingerprint density at radius 1 is 1.11 bits per heavy atom. The van der Waals surface area contributed by atoms with E-state index in [-0.39, 0.29) is 6.04 Å². The summed E-state index contributed by atoms with van der Waals surface area (Å²) in [5, 5.41) is 0. The highest BCUT2D eigenvalue weighted by molar-refractivity contribution is 5.77. The van der Waals surface area contributed by atoms with Crippen LogP contribution in [0, 0.1) is 0 Å². The molecule has 1 aromatic carbocycles. The second-order valence-corrected chi connectivity index (χ2v) is 4.79. The highest BCUT2D eigenvalue weighted by Gasteiger charge is 2.18. The minimum atomic E-state index is 0.142. The van der Waals surface area contributed by atoms with Crippen LogP contribution in [0.25, 0.3) is 5.57 Å². The van der Waals surface area contributed by atoms with Crippen molar-refractivity contribution in [2.45, 2.75) is 18.9 Å². The van der Waals surface area contributed by atoms with Crippen molar-refractivity contribution in [1.82, 2.24) is 0 Å². The van der Waals surface area contributed by atoms with Crippen molar-refractivity contribution >= 4 is 5.57 Å². The van der Waals surface area contributed by atoms with Gasteiger partial charge in [-0.2, -0.15) is 0 Å². The van der Waals surface area contributed by atoms with Crippen LogP contribution in [0.2, 0.25) is 0 Å². The van der Waals surface area contributed by atoms with Crippen molar-refractivity contribution in [3.63, 3.8) is 0 Å². The Morgan fingerprint density at radius 3 is 2.67 bits per heavy atom. The minimum Gasteiger partial charge on any atom is -0.324 e. The lowest BCUT2D eigenvalue weighted by Gasteiger charge is -2.21. The van der Waals surface area contributed by atoms with Gasteiger partial charge in [0.2, 0.25) is 0 Å². The number of nitrogens with two attached hydrogens (primary N) is 1. The summed E-state index contributed by atoms with van der Waals surface area (Å²) in [7, 11) is 0. The average molecular weight is 235 g/mol. The summed E-state index contributed by atoms with van der Waals surface area (Å²) in [5.74, 6) is 0. The molecule has 2 aliphatic carbocycles. The molecule has 0 fully saturated rings. The number of allylic oxidation sites excluding steroid dienone is 5. The first-order chi connectivity index (χ1) is 8.84. The van der Waals surface area contributed by atoms with Crippen LogP contribution in [-0.4, -0.2) is 6.04 Å². The van der Waals surface area contributed by atoms with Gasteiger partial charge in [0.05, 0.1) is 0 Å². The Kier molecular flexibility index (Phi) is 2.99. The number of hydrogen-bond acceptors (Lipinski definition) is 1. The fraction of sp³-hybridized carbons (Fsp3) is 0.176. The predicted molar refractivity (Wildman–Crippen MR) is 76.9 cm³/mol. The molecule has 0 radical (unpaired) electrons. The smallest absolute Gasteiger partial charge is 0.0333 e. The third-order valence-corrected chi connectivity index (χ3v) is 3.55. The van der Waals surface area contributed by atoms with Crippen LogP contribution in [0.4, 0.5) is 0 Å². The minimum absolute atomic E-state index is 0.142. The van der Waals surface area contributed by atoms with Gasteiger partial charge in [0, 0.05) is 6.04 Å². The zero-order chi connectivity index (χ0) is 12.4. The van der Waals surface area contributed by atoms with Crippen molar-refractivity contribution in [3.8, 4) is 0 Å². The lowest BCUT2D eigenvalue weighted by atomic mass is 9.87. The number of hydrogen-bond donors (Lipinski definition) is 1. The van der Waals surface area contributed by atoms with E-state index in [1.807, 2.05) is 6.07 Å². The van der Waals surface area contributed by atoms with Gasteiger partial charge in [-0.15, -0.1) is 0 Å². The largest absolute Gasteiger partial charge is 0.324 e. The molecule has 0 aliphatic heterocycles. The first-order valence-corrected chi connectivity index (χ1v) is 6.43. The van der Waals surface area contributed by atoms with Crippen molar-refractivity contribution in [3.05, 3.63) is 77.4 Å². The van der Waals surface area contributed by atoms with Crippen molar-refractivity contribution in [2.24, 2.45) is 5.73 Å². The zero-order valence-corrected chi connectivity index (χ0v) is 10.3. The van der Waals surface area contributed by atoms with Gasteiger partial charge in [0.25, 0.3) is 0 Å². The van der Waals surface area contributed by atoms with Crippen molar-refractivity contribution in [1.29, 1.82) is 0 Å². The van der Waals surface area contributed by atoms with Gasteiger partial charge >= 0.3 is 0 Å². The van der Waals surface area contributed by atoms with Gasteiger partial charge in [-0.3, -0.25) is 0 Å². The van der Waals surface area contributed by atoms with E-state index in [0.717, 1.165) is 12.8 Å². The van der Waals surface area contributed by atoms with Crippen LogP contribution in [0.5, 0.6) is 0 Å². The summed E-state index contributed by atoms with van der Waals surface area (Å²) in [5.41, 5.74) is 11.4. The fourth-order valence-electron chi connectivity index (χ4n) is 2.54. The van der Waals surface area contributed by atoms with E-state index in [9.17, 15) is 0 Å². The van der Waals surface area contributed by atoms with Gasteiger partial charge < -0.3 is 5.73 Å². The van der Waals surface area contributed by atoms with Crippen molar-refractivity contribution < 1.29 is 0 Å². The molecule has 0 spiro atoms. The monoisotopic (exact) mass is 235 g/mol. The lowest BCUT2D eigenvalue weighted by Crippen LogP contribution is -2.24. The maximum absolute atomic E-state index is 6.22. The van der Waals surface area contributed by atoms with E-state index in [4.69, 9.17) is 5.73 Å². The van der Waals surface area contributed by atoms with E-state index in [2.05, 4.69) is 54.6 Å². The molecule has 1 aromatic rings. The van der Waals surface area contributed by atoms with E-state index < -0.39 is 0 Å². The molecule has 1 nitrogen and oxygen atoms in total. The zero-order valence-electron chi connectivity index (χ0n) is 10.3. The highest BCUT2D eigenvalue weighted by atomic mass is 14.6. The molecule has 2 N–H and O–H groups in total. The van der Waals surface area contributed by atoms with Gasteiger partial charge in [-0.05, 0) is 41.2 Å². The third kappa shape index (κ3) is 2.09. The molecular formula is C17H17N.